The Kier molecular flexibility index (Phi) is 9.09. The van der Waals surface area contributed by atoms with Crippen LogP contribution < -0.4 is 5.32 Å². The molecule has 0 heterocycles. The number of nitro benzene ring substituents is 1. The van der Waals surface area contributed by atoms with Gasteiger partial charge in [0.2, 0.25) is 0 Å². The molecule has 2 rings (SSSR count). The Morgan fingerprint density at radius 1 is 1.13 bits per heavy atom. The molecule has 2 aromatic carbocycles. The quantitative estimate of drug-likeness (QED) is 0.196. The molecule has 158 valence electrons. The highest BCUT2D eigenvalue weighted by Gasteiger charge is 2.33. The maximum Gasteiger partial charge on any atom is 0.374 e. The third kappa shape index (κ3) is 6.44. The van der Waals surface area contributed by atoms with Crippen molar-refractivity contribution in [3.05, 3.63) is 80.6 Å². The van der Waals surface area contributed by atoms with E-state index in [0.29, 0.717) is 16.5 Å². The van der Waals surface area contributed by atoms with E-state index in [1.165, 1.54) is 23.9 Å². The van der Waals surface area contributed by atoms with Crippen molar-refractivity contribution in [2.45, 2.75) is 19.6 Å². The average molecular weight is 447 g/mol. The van der Waals surface area contributed by atoms with Crippen LogP contribution in [0.25, 0.3) is 0 Å². The Balaban J connectivity index is 2.39. The van der Waals surface area contributed by atoms with Crippen molar-refractivity contribution in [1.82, 2.24) is 0 Å². The van der Waals surface area contributed by atoms with Crippen molar-refractivity contribution in [1.29, 1.82) is 5.26 Å². The van der Waals surface area contributed by atoms with Crippen LogP contribution in [0.15, 0.2) is 64.9 Å². The van der Waals surface area contributed by atoms with Crippen molar-refractivity contribution in [3.63, 3.8) is 0 Å². The van der Waals surface area contributed by atoms with Gasteiger partial charge in [0.25, 0.3) is 5.69 Å². The van der Waals surface area contributed by atoms with Crippen molar-refractivity contribution < 1.29 is 18.5 Å². The van der Waals surface area contributed by atoms with Gasteiger partial charge >= 0.3 is 7.60 Å². The van der Waals surface area contributed by atoms with Gasteiger partial charge in [-0.15, -0.1) is 11.8 Å². The van der Waals surface area contributed by atoms with Gasteiger partial charge < -0.3 is 14.4 Å². The highest BCUT2D eigenvalue weighted by molar-refractivity contribution is 8.02. The van der Waals surface area contributed by atoms with Crippen LogP contribution in [0.4, 0.5) is 11.4 Å². The number of anilines is 1. The number of thioether (sulfide) groups is 1. The molecule has 0 spiro atoms. The summed E-state index contributed by atoms with van der Waals surface area (Å²) in [7, 11) is -3.82. The fraction of sp³-hybridized carbons (Fsp3) is 0.250. The Labute approximate surface area is 179 Å². The third-order valence-electron chi connectivity index (χ3n) is 3.75. The van der Waals surface area contributed by atoms with Gasteiger partial charge in [-0.25, -0.2) is 0 Å². The Bertz CT molecular complexity index is 964. The number of para-hydroxylation sites is 1. The lowest BCUT2D eigenvalue weighted by atomic mass is 10.2. The maximum atomic E-state index is 13.3. The van der Waals surface area contributed by atoms with E-state index in [-0.39, 0.29) is 24.2 Å². The number of nitriles is 1. The summed E-state index contributed by atoms with van der Waals surface area (Å²) in [6.45, 7) is 3.59. The SMILES string of the molecule is CCOP(=O)(OCC)/C(C#N)=C(\Nc1ccccc1)SCc1ccc([N+](=O)[O-])cc1. The fourth-order valence-electron chi connectivity index (χ4n) is 2.43. The smallest absolute Gasteiger partial charge is 0.349 e. The minimum absolute atomic E-state index is 0.00293. The minimum Gasteiger partial charge on any atom is -0.349 e. The van der Waals surface area contributed by atoms with Gasteiger partial charge in [-0.1, -0.05) is 30.3 Å². The van der Waals surface area contributed by atoms with Gasteiger partial charge in [-0.3, -0.25) is 14.7 Å². The van der Waals surface area contributed by atoms with Crippen molar-refractivity contribution >= 4 is 30.7 Å². The lowest BCUT2D eigenvalue weighted by Gasteiger charge is -2.20. The van der Waals surface area contributed by atoms with E-state index in [1.807, 2.05) is 36.4 Å². The van der Waals surface area contributed by atoms with E-state index >= 15 is 0 Å². The first kappa shape index (κ1) is 23.6. The molecule has 10 heteroatoms. The summed E-state index contributed by atoms with van der Waals surface area (Å²) in [4.78, 5) is 10.4. The lowest BCUT2D eigenvalue weighted by Crippen LogP contribution is -2.05. The van der Waals surface area contributed by atoms with Gasteiger partial charge in [0, 0.05) is 23.6 Å². The number of benzene rings is 2. The van der Waals surface area contributed by atoms with Crippen molar-refractivity contribution in [3.8, 4) is 6.07 Å². The van der Waals surface area contributed by atoms with Crippen LogP contribution in [0.1, 0.15) is 19.4 Å². The molecule has 1 N–H and O–H groups in total. The molecule has 0 radical (unpaired) electrons. The lowest BCUT2D eigenvalue weighted by molar-refractivity contribution is -0.384. The second-order valence-electron chi connectivity index (χ2n) is 5.83. The number of nitrogens with one attached hydrogen (secondary N) is 1. The number of nitro groups is 1. The number of non-ortho nitro benzene ring substituents is 1. The van der Waals surface area contributed by atoms with Gasteiger partial charge in [0.05, 0.1) is 23.2 Å². The summed E-state index contributed by atoms with van der Waals surface area (Å²) < 4.78 is 24.0. The van der Waals surface area contributed by atoms with Crippen LogP contribution in [0, 0.1) is 21.4 Å². The molecule has 0 saturated heterocycles. The summed E-state index contributed by atoms with van der Waals surface area (Å²) in [5, 5.41) is 24.0. The monoisotopic (exact) mass is 447 g/mol. The van der Waals surface area contributed by atoms with Crippen LogP contribution in [0.2, 0.25) is 0 Å². The number of allylic oxidation sites excluding steroid dienone is 1. The van der Waals surface area contributed by atoms with Crippen LogP contribution >= 0.6 is 19.4 Å². The summed E-state index contributed by atoms with van der Waals surface area (Å²) in [6, 6.07) is 17.2. The highest BCUT2D eigenvalue weighted by atomic mass is 32.2. The molecule has 0 aromatic heterocycles. The molecule has 0 saturated carbocycles. The van der Waals surface area contributed by atoms with Crippen LogP contribution in [-0.4, -0.2) is 18.1 Å². The van der Waals surface area contributed by atoms with Gasteiger partial charge in [0.1, 0.15) is 6.07 Å². The molecular weight excluding hydrogens is 425 g/mol. The van der Waals surface area contributed by atoms with Crippen LogP contribution in [0.5, 0.6) is 0 Å². The zero-order valence-corrected chi connectivity index (χ0v) is 18.3. The third-order valence-corrected chi connectivity index (χ3v) is 7.05. The van der Waals surface area contributed by atoms with E-state index in [9.17, 15) is 19.9 Å². The second kappa shape index (κ2) is 11.5. The van der Waals surface area contributed by atoms with Crippen molar-refractivity contribution in [2.75, 3.05) is 18.5 Å². The molecule has 0 fully saturated rings. The molecule has 0 aliphatic rings. The molecule has 2 aromatic rings. The normalized spacial score (nSPS) is 12.0. The van der Waals surface area contributed by atoms with Gasteiger partial charge in [-0.05, 0) is 31.5 Å². The topological polar surface area (TPSA) is 114 Å². The molecule has 0 aliphatic heterocycles. The number of nitrogens with zero attached hydrogens (tertiary/aromatic N) is 2. The Morgan fingerprint density at radius 2 is 1.73 bits per heavy atom. The number of hydrogen-bond acceptors (Lipinski definition) is 8. The summed E-state index contributed by atoms with van der Waals surface area (Å²) in [5.74, 6) is 0.386. The molecular formula is C20H22N3O5PS. The molecule has 8 nitrogen and oxygen atoms in total. The van der Waals surface area contributed by atoms with Crippen LogP contribution in [-0.2, 0) is 19.4 Å². The largest absolute Gasteiger partial charge is 0.374 e. The highest BCUT2D eigenvalue weighted by Crippen LogP contribution is 2.58. The van der Waals surface area contributed by atoms with Gasteiger partial charge in [-0.2, -0.15) is 5.26 Å². The van der Waals surface area contributed by atoms with E-state index in [1.54, 1.807) is 26.0 Å². The van der Waals surface area contributed by atoms with Gasteiger partial charge in [0.15, 0.2) is 5.31 Å². The van der Waals surface area contributed by atoms with E-state index in [2.05, 4.69) is 5.32 Å². The Hall–Kier alpha value is -2.63. The summed E-state index contributed by atoms with van der Waals surface area (Å²) in [6.07, 6.45) is 0. The molecule has 0 aliphatic carbocycles. The first-order chi connectivity index (χ1) is 14.4. The van der Waals surface area contributed by atoms with Crippen molar-refractivity contribution in [2.24, 2.45) is 0 Å². The summed E-state index contributed by atoms with van der Waals surface area (Å²) >= 11 is 1.24. The molecule has 0 bridgehead atoms. The predicted molar refractivity (Wildman–Crippen MR) is 118 cm³/mol. The van der Waals surface area contributed by atoms with E-state index in [0.717, 1.165) is 5.56 Å². The standard InChI is InChI=1S/C20H22N3O5PS/c1-3-27-29(26,28-4-2)19(14-21)20(22-17-8-6-5-7-9-17)30-15-16-10-12-18(13-11-16)23(24)25/h5-13,22H,3-4,15H2,1-2H3/b20-19+. The second-order valence-corrected chi connectivity index (χ2v) is 8.77. The van der Waals surface area contributed by atoms with E-state index < -0.39 is 12.5 Å². The van der Waals surface area contributed by atoms with Crippen LogP contribution in [0.3, 0.4) is 0 Å². The minimum atomic E-state index is -3.82. The first-order valence-electron chi connectivity index (χ1n) is 9.15. The summed E-state index contributed by atoms with van der Waals surface area (Å²) in [5.41, 5.74) is 1.51. The average Bonchev–Trinajstić information content (AvgIpc) is 2.73. The van der Waals surface area contributed by atoms with E-state index in [4.69, 9.17) is 9.05 Å². The predicted octanol–water partition coefficient (Wildman–Crippen LogP) is 5.90. The maximum absolute atomic E-state index is 13.3. The Morgan fingerprint density at radius 3 is 2.23 bits per heavy atom. The zero-order chi connectivity index (χ0) is 22.0. The number of hydrogen-bond donors (Lipinski definition) is 1. The fourth-order valence-corrected chi connectivity index (χ4v) is 5.27. The molecule has 0 unspecified atom stereocenters. The zero-order valence-electron chi connectivity index (χ0n) is 16.6. The molecule has 0 atom stereocenters. The number of rotatable bonds is 11. The molecule has 0 amide bonds. The molecule has 30 heavy (non-hydrogen) atoms. The first-order valence-corrected chi connectivity index (χ1v) is 11.7.